The number of nitrogens with one attached hydrogen (secondary N) is 1. The molecule has 5 heteroatoms. The minimum absolute atomic E-state index is 0.137. The van der Waals surface area contributed by atoms with Crippen LogP contribution in [0.25, 0.3) is 5.69 Å². The number of aromatic nitrogens is 2. The maximum absolute atomic E-state index is 12.8. The Balaban J connectivity index is 1.84. The van der Waals surface area contributed by atoms with Gasteiger partial charge in [0.2, 0.25) is 0 Å². The average Bonchev–Trinajstić information content (AvgIpc) is 3.01. The van der Waals surface area contributed by atoms with Crippen LogP contribution in [0.1, 0.15) is 29.4 Å². The first kappa shape index (κ1) is 16.4. The highest BCUT2D eigenvalue weighted by Crippen LogP contribution is 2.35. The fraction of sp³-hybridized carbons (Fsp3) is 0.238. The second-order valence-corrected chi connectivity index (χ2v) is 6.68. The molecule has 1 heterocycles. The first-order valence-corrected chi connectivity index (χ1v) is 8.78. The predicted molar refractivity (Wildman–Crippen MR) is 102 cm³/mol. The Morgan fingerprint density at radius 3 is 2.58 bits per heavy atom. The van der Waals surface area contributed by atoms with Crippen molar-refractivity contribution in [1.29, 1.82) is 0 Å². The summed E-state index contributed by atoms with van der Waals surface area (Å²) >= 11 is 0. The van der Waals surface area contributed by atoms with Crippen molar-refractivity contribution in [3.05, 3.63) is 65.9 Å². The van der Waals surface area contributed by atoms with Crippen molar-refractivity contribution < 1.29 is 9.53 Å². The molecule has 0 bridgehead atoms. The van der Waals surface area contributed by atoms with Gasteiger partial charge < -0.3 is 10.1 Å². The summed E-state index contributed by atoms with van der Waals surface area (Å²) in [6, 6.07) is 17.6. The fourth-order valence-corrected chi connectivity index (χ4v) is 3.50. The summed E-state index contributed by atoms with van der Waals surface area (Å²) in [5, 5.41) is 8.06. The second kappa shape index (κ2) is 6.67. The zero-order valence-corrected chi connectivity index (χ0v) is 14.9. The average molecular weight is 347 g/mol. The number of para-hydroxylation sites is 3. The summed E-state index contributed by atoms with van der Waals surface area (Å²) in [7, 11) is 1.63. The first-order chi connectivity index (χ1) is 12.7. The number of nitrogens with zero attached hydrogens (tertiary/aromatic N) is 2. The Morgan fingerprint density at radius 1 is 1.08 bits per heavy atom. The van der Waals surface area contributed by atoms with E-state index < -0.39 is 0 Å². The molecule has 26 heavy (non-hydrogen) atoms. The third-order valence-electron chi connectivity index (χ3n) is 4.70. The van der Waals surface area contributed by atoms with Gasteiger partial charge in [0.05, 0.1) is 29.7 Å². The van der Waals surface area contributed by atoms with Gasteiger partial charge in [0, 0.05) is 6.42 Å². The normalized spacial score (nSPS) is 16.2. The molecule has 0 radical (unpaired) electrons. The van der Waals surface area contributed by atoms with E-state index in [2.05, 4.69) is 12.2 Å². The zero-order valence-electron chi connectivity index (χ0n) is 14.9. The summed E-state index contributed by atoms with van der Waals surface area (Å²) in [4.78, 5) is 12.8. The number of anilines is 2. The molecule has 0 saturated heterocycles. The fourth-order valence-electron chi connectivity index (χ4n) is 3.50. The first-order valence-electron chi connectivity index (χ1n) is 8.78. The topological polar surface area (TPSA) is 56.1 Å². The van der Waals surface area contributed by atoms with E-state index in [0.29, 0.717) is 29.5 Å². The van der Waals surface area contributed by atoms with Crippen molar-refractivity contribution >= 4 is 17.3 Å². The molecule has 1 N–H and O–H groups in total. The molecular formula is C21H21N3O2. The molecule has 0 spiro atoms. The molecule has 0 aliphatic heterocycles. The number of rotatable bonds is 4. The van der Waals surface area contributed by atoms with Crippen LogP contribution in [-0.2, 0) is 6.42 Å². The molecule has 0 saturated carbocycles. The van der Waals surface area contributed by atoms with E-state index in [1.54, 1.807) is 7.11 Å². The second-order valence-electron chi connectivity index (χ2n) is 6.68. The van der Waals surface area contributed by atoms with E-state index in [0.717, 1.165) is 23.5 Å². The van der Waals surface area contributed by atoms with Crippen molar-refractivity contribution in [2.24, 2.45) is 5.92 Å². The van der Waals surface area contributed by atoms with Crippen molar-refractivity contribution in [3.8, 4) is 11.4 Å². The van der Waals surface area contributed by atoms with Gasteiger partial charge in [0.25, 0.3) is 0 Å². The quantitative estimate of drug-likeness (QED) is 0.760. The number of Topliss-reactive ketones (excluding diaryl/α,β-unsaturated/α-hetero) is 1. The molecule has 3 aromatic rings. The minimum atomic E-state index is 0.137. The molecule has 1 atom stereocenters. The molecule has 4 rings (SSSR count). The molecule has 5 nitrogen and oxygen atoms in total. The van der Waals surface area contributed by atoms with Crippen LogP contribution in [0.2, 0.25) is 0 Å². The van der Waals surface area contributed by atoms with Gasteiger partial charge in [-0.2, -0.15) is 0 Å². The molecule has 132 valence electrons. The number of benzene rings is 2. The maximum atomic E-state index is 12.8. The van der Waals surface area contributed by atoms with Gasteiger partial charge in [-0.1, -0.05) is 37.3 Å². The molecular weight excluding hydrogens is 326 g/mol. The van der Waals surface area contributed by atoms with Crippen LogP contribution in [0.15, 0.2) is 54.6 Å². The molecule has 2 aromatic carbocycles. The zero-order chi connectivity index (χ0) is 18.1. The van der Waals surface area contributed by atoms with Crippen molar-refractivity contribution in [2.45, 2.75) is 19.8 Å². The van der Waals surface area contributed by atoms with Crippen LogP contribution >= 0.6 is 0 Å². The summed E-state index contributed by atoms with van der Waals surface area (Å²) in [5.74, 6) is 1.75. The highest BCUT2D eigenvalue weighted by atomic mass is 16.5. The lowest BCUT2D eigenvalue weighted by Crippen LogP contribution is -2.19. The SMILES string of the molecule is COc1ccccc1Nc1nn(-c2ccccc2)c2c1C(=O)CC(C)C2. The number of carbonyl (C=O) groups is 1. The smallest absolute Gasteiger partial charge is 0.168 e. The molecule has 1 aliphatic rings. The summed E-state index contributed by atoms with van der Waals surface area (Å²) in [6.07, 6.45) is 1.38. The third-order valence-corrected chi connectivity index (χ3v) is 4.70. The van der Waals surface area contributed by atoms with Crippen LogP contribution in [0.5, 0.6) is 5.75 Å². The van der Waals surface area contributed by atoms with Crippen LogP contribution in [0.4, 0.5) is 11.5 Å². The standard InChI is InChI=1S/C21H21N3O2/c1-14-12-17-20(18(25)13-14)21(22-16-10-6-7-11-19(16)26-2)23-24(17)15-8-4-3-5-9-15/h3-11,14H,12-13H2,1-2H3,(H,22,23). The number of ketones is 1. The lowest BCUT2D eigenvalue weighted by Gasteiger charge is -2.19. The number of ether oxygens (including phenoxy) is 1. The number of hydrogen-bond donors (Lipinski definition) is 1. The monoisotopic (exact) mass is 347 g/mol. The lowest BCUT2D eigenvalue weighted by molar-refractivity contribution is 0.0953. The summed E-state index contributed by atoms with van der Waals surface area (Å²) in [6.45, 7) is 2.11. The van der Waals surface area contributed by atoms with E-state index in [-0.39, 0.29) is 5.78 Å². The van der Waals surface area contributed by atoms with Gasteiger partial charge in [-0.3, -0.25) is 4.79 Å². The van der Waals surface area contributed by atoms with Crippen LogP contribution in [0, 0.1) is 5.92 Å². The van der Waals surface area contributed by atoms with Gasteiger partial charge in [-0.15, -0.1) is 5.10 Å². The van der Waals surface area contributed by atoms with Gasteiger partial charge in [-0.05, 0) is 36.6 Å². The maximum Gasteiger partial charge on any atom is 0.168 e. The molecule has 1 aromatic heterocycles. The summed E-state index contributed by atoms with van der Waals surface area (Å²) in [5.41, 5.74) is 3.41. The van der Waals surface area contributed by atoms with Gasteiger partial charge in [-0.25, -0.2) is 4.68 Å². The van der Waals surface area contributed by atoms with Crippen molar-refractivity contribution in [2.75, 3.05) is 12.4 Å². The molecule has 0 fully saturated rings. The van der Waals surface area contributed by atoms with E-state index in [1.807, 2.05) is 59.3 Å². The number of carbonyl (C=O) groups excluding carboxylic acids is 1. The Hall–Kier alpha value is -3.08. The van der Waals surface area contributed by atoms with Crippen LogP contribution in [0.3, 0.4) is 0 Å². The van der Waals surface area contributed by atoms with Gasteiger partial charge in [0.15, 0.2) is 11.6 Å². The number of methoxy groups -OCH3 is 1. The van der Waals surface area contributed by atoms with Crippen LogP contribution in [-0.4, -0.2) is 22.7 Å². The molecule has 0 amide bonds. The van der Waals surface area contributed by atoms with E-state index in [4.69, 9.17) is 9.84 Å². The van der Waals surface area contributed by atoms with Crippen molar-refractivity contribution in [3.63, 3.8) is 0 Å². The third kappa shape index (κ3) is 2.86. The highest BCUT2D eigenvalue weighted by Gasteiger charge is 2.31. The minimum Gasteiger partial charge on any atom is -0.495 e. The largest absolute Gasteiger partial charge is 0.495 e. The predicted octanol–water partition coefficient (Wildman–Crippen LogP) is 4.39. The van der Waals surface area contributed by atoms with E-state index >= 15 is 0 Å². The van der Waals surface area contributed by atoms with E-state index in [9.17, 15) is 4.79 Å². The molecule has 1 unspecified atom stereocenters. The highest BCUT2D eigenvalue weighted by molar-refractivity contribution is 6.03. The Kier molecular flexibility index (Phi) is 4.21. The number of fused-ring (bicyclic) bond motifs is 1. The Morgan fingerprint density at radius 2 is 1.81 bits per heavy atom. The van der Waals surface area contributed by atoms with Crippen LogP contribution < -0.4 is 10.1 Å². The van der Waals surface area contributed by atoms with Gasteiger partial charge in [0.1, 0.15) is 5.75 Å². The Bertz CT molecular complexity index is 947. The Labute approximate surface area is 152 Å². The van der Waals surface area contributed by atoms with Crippen molar-refractivity contribution in [1.82, 2.24) is 9.78 Å². The lowest BCUT2D eigenvalue weighted by atomic mass is 9.87. The number of hydrogen-bond acceptors (Lipinski definition) is 4. The summed E-state index contributed by atoms with van der Waals surface area (Å²) < 4.78 is 7.30. The van der Waals surface area contributed by atoms with E-state index in [1.165, 1.54) is 0 Å². The molecule has 1 aliphatic carbocycles. The van der Waals surface area contributed by atoms with Gasteiger partial charge >= 0.3 is 0 Å².